The Hall–Kier alpha value is -1.70. The Balaban J connectivity index is 2.05. The van der Waals surface area contributed by atoms with E-state index in [-0.39, 0.29) is 0 Å². The summed E-state index contributed by atoms with van der Waals surface area (Å²) in [5.41, 5.74) is 5.43. The molecule has 1 aliphatic carbocycles. The predicted octanol–water partition coefficient (Wildman–Crippen LogP) is 5.38. The molecule has 2 nitrogen and oxygen atoms in total. The summed E-state index contributed by atoms with van der Waals surface area (Å²) in [7, 11) is 2.16. The number of likely N-dealkylation sites (N-methyl/N-ethyl adjacent to an activating group) is 1. The van der Waals surface area contributed by atoms with Crippen LogP contribution in [-0.2, 0) is 0 Å². The number of hydrogen-bond donors (Lipinski definition) is 0. The lowest BCUT2D eigenvalue weighted by Crippen LogP contribution is -2.30. The minimum Gasteiger partial charge on any atom is -0.461 e. The van der Waals surface area contributed by atoms with Crippen molar-refractivity contribution in [2.24, 2.45) is 17.8 Å². The molecule has 1 aromatic carbocycles. The summed E-state index contributed by atoms with van der Waals surface area (Å²) < 4.78 is 5.93. The standard InChI is InChI=1S/C20H27NO/c1-13(2)16-11-10-14(3)15(4)20(16)18-12-22-19-9-7-6-8-17(19)21(18)5/h6-9,12-14,16H,10-11H2,1-5H3/t14-,16?/m1/s1. The van der Waals surface area contributed by atoms with Crippen LogP contribution in [0.3, 0.4) is 0 Å². The number of nitrogens with zero attached hydrogens (tertiary/aromatic N) is 1. The molecule has 2 atom stereocenters. The number of anilines is 1. The predicted molar refractivity (Wildman–Crippen MR) is 93.0 cm³/mol. The maximum absolute atomic E-state index is 5.93. The molecule has 0 bridgehead atoms. The molecule has 0 fully saturated rings. The van der Waals surface area contributed by atoms with Gasteiger partial charge in [0.1, 0.15) is 12.0 Å². The molecular formula is C20H27NO. The Morgan fingerprint density at radius 3 is 2.64 bits per heavy atom. The minimum absolute atomic E-state index is 0.624. The van der Waals surface area contributed by atoms with Crippen LogP contribution in [0.15, 0.2) is 47.4 Å². The van der Waals surface area contributed by atoms with Crippen molar-refractivity contribution in [3.05, 3.63) is 47.4 Å². The number of para-hydroxylation sites is 2. The minimum atomic E-state index is 0.624. The summed E-state index contributed by atoms with van der Waals surface area (Å²) in [6, 6.07) is 8.26. The number of benzene rings is 1. The molecule has 1 aliphatic heterocycles. The molecule has 0 saturated heterocycles. The first-order chi connectivity index (χ1) is 10.5. The van der Waals surface area contributed by atoms with Crippen molar-refractivity contribution in [1.82, 2.24) is 0 Å². The van der Waals surface area contributed by atoms with Gasteiger partial charge in [-0.05, 0) is 55.2 Å². The molecule has 0 aromatic heterocycles. The molecule has 0 saturated carbocycles. The van der Waals surface area contributed by atoms with E-state index in [1.165, 1.54) is 29.7 Å². The van der Waals surface area contributed by atoms with Crippen LogP contribution in [0, 0.1) is 17.8 Å². The summed E-state index contributed by atoms with van der Waals surface area (Å²) in [5.74, 6) is 2.89. The third-order valence-corrected chi connectivity index (χ3v) is 5.41. The Kier molecular flexibility index (Phi) is 4.03. The summed E-state index contributed by atoms with van der Waals surface area (Å²) in [6.07, 6.45) is 4.53. The number of allylic oxidation sites excluding steroid dienone is 2. The Labute approximate surface area is 134 Å². The normalized spacial score (nSPS) is 25.0. The van der Waals surface area contributed by atoms with Gasteiger partial charge in [-0.3, -0.25) is 0 Å². The molecule has 118 valence electrons. The van der Waals surface area contributed by atoms with Gasteiger partial charge in [-0.15, -0.1) is 0 Å². The monoisotopic (exact) mass is 297 g/mol. The smallest absolute Gasteiger partial charge is 0.150 e. The number of rotatable bonds is 2. The lowest BCUT2D eigenvalue weighted by Gasteiger charge is -2.39. The zero-order valence-electron chi connectivity index (χ0n) is 14.4. The third-order valence-electron chi connectivity index (χ3n) is 5.41. The van der Waals surface area contributed by atoms with Crippen LogP contribution in [0.1, 0.15) is 40.5 Å². The van der Waals surface area contributed by atoms with E-state index < -0.39 is 0 Å². The number of hydrogen-bond acceptors (Lipinski definition) is 2. The first-order valence-corrected chi connectivity index (χ1v) is 8.41. The van der Waals surface area contributed by atoms with E-state index in [0.29, 0.717) is 17.8 Å². The SMILES string of the molecule is CC1=C(C2=COc3ccccc3N2C)C(C(C)C)CC[C@H]1C. The van der Waals surface area contributed by atoms with E-state index in [2.05, 4.69) is 51.8 Å². The number of fused-ring (bicyclic) bond motifs is 1. The molecule has 3 rings (SSSR count). The van der Waals surface area contributed by atoms with Gasteiger partial charge in [0.2, 0.25) is 0 Å². The molecule has 22 heavy (non-hydrogen) atoms. The maximum atomic E-state index is 5.93. The largest absolute Gasteiger partial charge is 0.461 e. The van der Waals surface area contributed by atoms with Crippen LogP contribution >= 0.6 is 0 Å². The first kappa shape index (κ1) is 15.2. The molecular weight excluding hydrogens is 270 g/mol. The zero-order valence-corrected chi connectivity index (χ0v) is 14.4. The zero-order chi connectivity index (χ0) is 15.9. The van der Waals surface area contributed by atoms with Crippen molar-refractivity contribution < 1.29 is 4.74 Å². The molecule has 0 radical (unpaired) electrons. The van der Waals surface area contributed by atoms with Crippen molar-refractivity contribution in [3.8, 4) is 5.75 Å². The van der Waals surface area contributed by atoms with E-state index in [1.54, 1.807) is 0 Å². The Bertz CT molecular complexity index is 626. The van der Waals surface area contributed by atoms with Crippen LogP contribution in [-0.4, -0.2) is 7.05 Å². The molecule has 2 aliphatic rings. The fourth-order valence-corrected chi connectivity index (χ4v) is 3.81. The molecule has 0 N–H and O–H groups in total. The summed E-state index contributed by atoms with van der Waals surface area (Å²) in [6.45, 7) is 9.34. The first-order valence-electron chi connectivity index (χ1n) is 8.41. The van der Waals surface area contributed by atoms with Crippen LogP contribution in [0.2, 0.25) is 0 Å². The highest BCUT2D eigenvalue weighted by Crippen LogP contribution is 2.45. The molecule has 1 unspecified atom stereocenters. The van der Waals surface area contributed by atoms with E-state index in [1.807, 2.05) is 18.4 Å². The van der Waals surface area contributed by atoms with Gasteiger partial charge in [-0.1, -0.05) is 38.5 Å². The summed E-state index contributed by atoms with van der Waals surface area (Å²) >= 11 is 0. The topological polar surface area (TPSA) is 12.5 Å². The van der Waals surface area contributed by atoms with Gasteiger partial charge in [0.25, 0.3) is 0 Å². The van der Waals surface area contributed by atoms with Crippen molar-refractivity contribution in [3.63, 3.8) is 0 Å². The third kappa shape index (κ3) is 2.45. The van der Waals surface area contributed by atoms with Crippen LogP contribution in [0.4, 0.5) is 5.69 Å². The quantitative estimate of drug-likeness (QED) is 0.727. The van der Waals surface area contributed by atoms with Gasteiger partial charge < -0.3 is 9.64 Å². The fourth-order valence-electron chi connectivity index (χ4n) is 3.81. The highest BCUT2D eigenvalue weighted by Gasteiger charge is 2.33. The van der Waals surface area contributed by atoms with E-state index in [0.717, 1.165) is 11.4 Å². The summed E-state index contributed by atoms with van der Waals surface area (Å²) in [4.78, 5) is 2.30. The Morgan fingerprint density at radius 1 is 1.18 bits per heavy atom. The molecule has 1 heterocycles. The fraction of sp³-hybridized carbons (Fsp3) is 0.500. The van der Waals surface area contributed by atoms with Gasteiger partial charge in [0.15, 0.2) is 0 Å². The second kappa shape index (κ2) is 5.83. The molecule has 0 amide bonds. The van der Waals surface area contributed by atoms with Crippen molar-refractivity contribution in [2.45, 2.75) is 40.5 Å². The average molecular weight is 297 g/mol. The van der Waals surface area contributed by atoms with Gasteiger partial charge in [-0.25, -0.2) is 0 Å². The van der Waals surface area contributed by atoms with Gasteiger partial charge in [0, 0.05) is 7.05 Å². The molecule has 2 heteroatoms. The molecule has 0 spiro atoms. The van der Waals surface area contributed by atoms with Crippen molar-refractivity contribution in [2.75, 3.05) is 11.9 Å². The highest BCUT2D eigenvalue weighted by molar-refractivity contribution is 5.67. The van der Waals surface area contributed by atoms with Crippen LogP contribution in [0.5, 0.6) is 5.75 Å². The van der Waals surface area contributed by atoms with E-state index in [4.69, 9.17) is 4.74 Å². The Morgan fingerprint density at radius 2 is 1.91 bits per heavy atom. The van der Waals surface area contributed by atoms with Crippen LogP contribution in [0.25, 0.3) is 0 Å². The lowest BCUT2D eigenvalue weighted by molar-refractivity contribution is 0.349. The van der Waals surface area contributed by atoms with Crippen molar-refractivity contribution >= 4 is 5.69 Å². The van der Waals surface area contributed by atoms with Crippen LogP contribution < -0.4 is 9.64 Å². The maximum Gasteiger partial charge on any atom is 0.150 e. The average Bonchev–Trinajstić information content (AvgIpc) is 2.51. The van der Waals surface area contributed by atoms with E-state index >= 15 is 0 Å². The van der Waals surface area contributed by atoms with Crippen molar-refractivity contribution in [1.29, 1.82) is 0 Å². The van der Waals surface area contributed by atoms with E-state index in [9.17, 15) is 0 Å². The van der Waals surface area contributed by atoms with Gasteiger partial charge >= 0.3 is 0 Å². The lowest BCUT2D eigenvalue weighted by atomic mass is 9.72. The van der Waals surface area contributed by atoms with Gasteiger partial charge in [0.05, 0.1) is 11.4 Å². The summed E-state index contributed by atoms with van der Waals surface area (Å²) in [5, 5.41) is 0. The molecule has 1 aromatic rings. The second-order valence-corrected chi connectivity index (χ2v) is 7.07. The number of ether oxygens (including phenoxy) is 1. The van der Waals surface area contributed by atoms with Gasteiger partial charge in [-0.2, -0.15) is 0 Å². The second-order valence-electron chi connectivity index (χ2n) is 7.07. The highest BCUT2D eigenvalue weighted by atomic mass is 16.5.